The molecule has 5 rings (SSSR count). The van der Waals surface area contributed by atoms with Gasteiger partial charge in [-0.2, -0.15) is 0 Å². The van der Waals surface area contributed by atoms with E-state index >= 15 is 0 Å². The molecule has 0 aromatic heterocycles. The number of carbonyl (C=O) groups excluding carboxylic acids is 1. The van der Waals surface area contributed by atoms with Gasteiger partial charge in [-0.1, -0.05) is 42.5 Å². The largest absolute Gasteiger partial charge is 0.497 e. The Morgan fingerprint density at radius 3 is 2.49 bits per heavy atom. The molecule has 4 aromatic carbocycles. The molecule has 1 saturated heterocycles. The van der Waals surface area contributed by atoms with Crippen molar-refractivity contribution >= 4 is 45.4 Å². The summed E-state index contributed by atoms with van der Waals surface area (Å²) in [4.78, 5) is 17.6. The van der Waals surface area contributed by atoms with E-state index in [4.69, 9.17) is 14.2 Å². The number of hydrogen-bond donors (Lipinski definition) is 1. The van der Waals surface area contributed by atoms with E-state index < -0.39 is 0 Å². The highest BCUT2D eigenvalue weighted by atomic mass is 32.2. The van der Waals surface area contributed by atoms with Crippen LogP contribution in [-0.4, -0.2) is 24.8 Å². The molecule has 1 N–H and O–H groups in total. The van der Waals surface area contributed by atoms with Gasteiger partial charge in [-0.05, 0) is 89.1 Å². The van der Waals surface area contributed by atoms with Crippen molar-refractivity contribution in [2.45, 2.75) is 13.5 Å². The van der Waals surface area contributed by atoms with Gasteiger partial charge in [0.1, 0.15) is 12.4 Å². The summed E-state index contributed by atoms with van der Waals surface area (Å²) in [5.74, 6) is 1.85. The van der Waals surface area contributed by atoms with Crippen LogP contribution in [0.2, 0.25) is 0 Å². The zero-order valence-corrected chi connectivity index (χ0v) is 21.4. The number of fused-ring (bicyclic) bond motifs is 1. The monoisotopic (exact) mass is 510 g/mol. The third-order valence-corrected chi connectivity index (χ3v) is 6.64. The number of nitrogens with zero attached hydrogens (tertiary/aromatic N) is 1. The number of ether oxygens (including phenoxy) is 3. The summed E-state index contributed by atoms with van der Waals surface area (Å²) in [5, 5.41) is 5.73. The van der Waals surface area contributed by atoms with Gasteiger partial charge >= 0.3 is 0 Å². The number of amides is 1. The van der Waals surface area contributed by atoms with Crippen LogP contribution in [0.3, 0.4) is 0 Å². The normalized spacial score (nSPS) is 15.2. The molecule has 0 radical (unpaired) electrons. The Kier molecular flexibility index (Phi) is 7.42. The number of carbonyl (C=O) groups is 1. The molecule has 0 unspecified atom stereocenters. The van der Waals surface area contributed by atoms with E-state index in [0.717, 1.165) is 22.6 Å². The summed E-state index contributed by atoms with van der Waals surface area (Å²) in [6.45, 7) is 2.86. The molecule has 186 valence electrons. The number of rotatable bonds is 8. The molecule has 6 nitrogen and oxygen atoms in total. The Hall–Kier alpha value is -4.23. The third kappa shape index (κ3) is 5.95. The smallest absolute Gasteiger partial charge is 0.264 e. The van der Waals surface area contributed by atoms with Crippen molar-refractivity contribution in [1.29, 1.82) is 0 Å². The van der Waals surface area contributed by atoms with E-state index in [1.54, 1.807) is 7.11 Å². The van der Waals surface area contributed by atoms with Crippen LogP contribution in [0.25, 0.3) is 16.8 Å². The lowest BCUT2D eigenvalue weighted by Gasteiger charge is -2.13. The first-order chi connectivity index (χ1) is 18.1. The number of benzene rings is 4. The fourth-order valence-corrected chi connectivity index (χ4v) is 4.74. The minimum atomic E-state index is -0.188. The first-order valence-electron chi connectivity index (χ1n) is 11.9. The molecule has 1 fully saturated rings. The fourth-order valence-electron chi connectivity index (χ4n) is 3.90. The minimum Gasteiger partial charge on any atom is -0.497 e. The molecular formula is C30H26N2O4S. The van der Waals surface area contributed by atoms with Crippen LogP contribution in [0.5, 0.6) is 17.2 Å². The maximum Gasteiger partial charge on any atom is 0.264 e. The lowest BCUT2D eigenvalue weighted by Crippen LogP contribution is -2.19. The third-order valence-electron chi connectivity index (χ3n) is 5.73. The van der Waals surface area contributed by atoms with Crippen LogP contribution in [-0.2, 0) is 11.4 Å². The van der Waals surface area contributed by atoms with Gasteiger partial charge in [0.25, 0.3) is 5.91 Å². The number of methoxy groups -OCH3 is 1. The molecule has 0 atom stereocenters. The van der Waals surface area contributed by atoms with Crippen LogP contribution >= 0.6 is 11.8 Å². The van der Waals surface area contributed by atoms with E-state index in [0.29, 0.717) is 34.8 Å². The number of hydrogen-bond acceptors (Lipinski definition) is 6. The first-order valence-corrected chi connectivity index (χ1v) is 12.7. The zero-order valence-electron chi connectivity index (χ0n) is 20.6. The lowest BCUT2D eigenvalue weighted by molar-refractivity contribution is -0.115. The van der Waals surface area contributed by atoms with Crippen LogP contribution in [0.1, 0.15) is 18.1 Å². The zero-order chi connectivity index (χ0) is 25.6. The van der Waals surface area contributed by atoms with Gasteiger partial charge in [0.15, 0.2) is 16.7 Å². The molecule has 0 spiro atoms. The van der Waals surface area contributed by atoms with Crippen LogP contribution in [0.15, 0.2) is 94.8 Å². The Bertz CT molecular complexity index is 1500. The Morgan fingerprint density at radius 2 is 1.70 bits per heavy atom. The van der Waals surface area contributed by atoms with Gasteiger partial charge < -0.3 is 19.5 Å². The maximum atomic E-state index is 12.6. The van der Waals surface area contributed by atoms with E-state index in [1.807, 2.05) is 67.6 Å². The minimum absolute atomic E-state index is 0.188. The SMILES string of the molecule is CCOc1cc(/C=C2/SC(=Nc3ccc(OC)cc3)NC2=O)ccc1OCc1ccc2ccccc2c1. The summed E-state index contributed by atoms with van der Waals surface area (Å²) < 4.78 is 17.1. The van der Waals surface area contributed by atoms with E-state index in [2.05, 4.69) is 40.6 Å². The van der Waals surface area contributed by atoms with E-state index in [-0.39, 0.29) is 5.91 Å². The van der Waals surface area contributed by atoms with E-state index in [1.165, 1.54) is 22.5 Å². The number of amidine groups is 1. The lowest BCUT2D eigenvalue weighted by atomic mass is 10.1. The van der Waals surface area contributed by atoms with Gasteiger partial charge in [0, 0.05) is 0 Å². The summed E-state index contributed by atoms with van der Waals surface area (Å²) in [6.07, 6.45) is 1.83. The van der Waals surface area contributed by atoms with E-state index in [9.17, 15) is 4.79 Å². The molecule has 0 saturated carbocycles. The van der Waals surface area contributed by atoms with Crippen molar-refractivity contribution in [3.05, 3.63) is 101 Å². The molecule has 0 bridgehead atoms. The standard InChI is InChI=1S/C30H26N2O4S/c1-3-35-27-17-20(9-15-26(27)36-19-21-8-10-22-6-4-5-7-23(22)16-21)18-28-29(33)32-30(37-28)31-24-11-13-25(34-2)14-12-24/h4-18H,3,19H2,1-2H3,(H,31,32,33)/b28-18+. The molecule has 1 aliphatic heterocycles. The van der Waals surface area contributed by atoms with Crippen molar-refractivity contribution in [2.75, 3.05) is 13.7 Å². The van der Waals surface area contributed by atoms with Crippen molar-refractivity contribution in [1.82, 2.24) is 5.32 Å². The van der Waals surface area contributed by atoms with Gasteiger partial charge in [-0.3, -0.25) is 4.79 Å². The summed E-state index contributed by atoms with van der Waals surface area (Å²) >= 11 is 1.30. The second kappa shape index (κ2) is 11.2. The van der Waals surface area contributed by atoms with Crippen molar-refractivity contribution < 1.29 is 19.0 Å². The van der Waals surface area contributed by atoms with Gasteiger partial charge in [-0.25, -0.2) is 4.99 Å². The fraction of sp³-hybridized carbons (Fsp3) is 0.133. The highest BCUT2D eigenvalue weighted by molar-refractivity contribution is 8.18. The van der Waals surface area contributed by atoms with Crippen LogP contribution in [0, 0.1) is 0 Å². The van der Waals surface area contributed by atoms with Crippen molar-refractivity contribution in [3.63, 3.8) is 0 Å². The highest BCUT2D eigenvalue weighted by Gasteiger charge is 2.24. The van der Waals surface area contributed by atoms with Crippen LogP contribution < -0.4 is 19.5 Å². The Morgan fingerprint density at radius 1 is 0.892 bits per heavy atom. The quantitative estimate of drug-likeness (QED) is 0.267. The average molecular weight is 511 g/mol. The van der Waals surface area contributed by atoms with Crippen molar-refractivity contribution in [3.8, 4) is 17.2 Å². The molecule has 0 aliphatic carbocycles. The first kappa shape index (κ1) is 24.5. The average Bonchev–Trinajstić information content (AvgIpc) is 3.26. The maximum absolute atomic E-state index is 12.6. The van der Waals surface area contributed by atoms with Crippen molar-refractivity contribution in [2.24, 2.45) is 4.99 Å². The Balaban J connectivity index is 1.31. The second-order valence-electron chi connectivity index (χ2n) is 8.29. The topological polar surface area (TPSA) is 69.2 Å². The number of nitrogens with one attached hydrogen (secondary N) is 1. The summed E-state index contributed by atoms with van der Waals surface area (Å²) in [5.41, 5.74) is 2.65. The van der Waals surface area contributed by atoms with Gasteiger partial charge in [0.2, 0.25) is 0 Å². The van der Waals surface area contributed by atoms with Gasteiger partial charge in [-0.15, -0.1) is 0 Å². The molecule has 1 amide bonds. The highest BCUT2D eigenvalue weighted by Crippen LogP contribution is 2.33. The molecule has 1 aliphatic rings. The predicted octanol–water partition coefficient (Wildman–Crippen LogP) is 6.72. The molecule has 1 heterocycles. The summed E-state index contributed by atoms with van der Waals surface area (Å²) in [6, 6.07) is 27.6. The number of thioether (sulfide) groups is 1. The second-order valence-corrected chi connectivity index (χ2v) is 9.32. The molecule has 37 heavy (non-hydrogen) atoms. The van der Waals surface area contributed by atoms with Gasteiger partial charge in [0.05, 0.1) is 24.3 Å². The molecular weight excluding hydrogens is 484 g/mol. The summed E-state index contributed by atoms with van der Waals surface area (Å²) in [7, 11) is 1.62. The predicted molar refractivity (Wildman–Crippen MR) is 150 cm³/mol. The molecule has 4 aromatic rings. The number of aliphatic imine (C=N–C) groups is 1. The Labute approximate surface area is 220 Å². The van der Waals surface area contributed by atoms with Crippen LogP contribution in [0.4, 0.5) is 5.69 Å². The molecule has 7 heteroatoms.